The van der Waals surface area contributed by atoms with E-state index in [1.165, 1.54) is 19.3 Å². The molecule has 23 heavy (non-hydrogen) atoms. The molecule has 0 unspecified atom stereocenters. The van der Waals surface area contributed by atoms with Crippen molar-refractivity contribution in [2.24, 2.45) is 5.92 Å². The lowest BCUT2D eigenvalue weighted by Gasteiger charge is -2.43. The zero-order valence-corrected chi connectivity index (χ0v) is 15.1. The van der Waals surface area contributed by atoms with Crippen molar-refractivity contribution in [1.82, 2.24) is 10.2 Å². The maximum atomic E-state index is 11.1. The quantitative estimate of drug-likeness (QED) is 0.635. The number of nitrogens with zero attached hydrogens (tertiary/aromatic N) is 2. The molecule has 1 saturated carbocycles. The summed E-state index contributed by atoms with van der Waals surface area (Å²) < 4.78 is 0. The highest BCUT2D eigenvalue weighted by Gasteiger charge is 2.34. The molecule has 0 amide bonds. The molecular weight excluding hydrogens is 361 g/mol. The number of hydrogen-bond donors (Lipinski definition) is 1. The standard InChI is InChI=1S/C15H20ClN3O2.2ClH/c16-13-5-4-12(10-14(13)19(20)21)15(11-2-1-3-11)18-8-6-17-7-9-18;;/h4-5,10-11,15,17H,1-3,6-9H2;2*1H/t15-;;/m1../s1. The summed E-state index contributed by atoms with van der Waals surface area (Å²) in [5.74, 6) is 0.615. The lowest BCUT2D eigenvalue weighted by atomic mass is 9.76. The van der Waals surface area contributed by atoms with Gasteiger partial charge < -0.3 is 5.32 Å². The van der Waals surface area contributed by atoms with Crippen molar-refractivity contribution in [3.8, 4) is 0 Å². The molecule has 2 fully saturated rings. The third-order valence-electron chi connectivity index (χ3n) is 4.65. The van der Waals surface area contributed by atoms with Gasteiger partial charge in [-0.05, 0) is 30.4 Å². The first-order valence-electron chi connectivity index (χ1n) is 7.55. The summed E-state index contributed by atoms with van der Waals surface area (Å²) in [4.78, 5) is 13.2. The second-order valence-electron chi connectivity index (χ2n) is 5.89. The van der Waals surface area contributed by atoms with Gasteiger partial charge in [-0.2, -0.15) is 0 Å². The van der Waals surface area contributed by atoms with Crippen LogP contribution in [0.4, 0.5) is 5.69 Å². The number of nitrogens with one attached hydrogen (secondary N) is 1. The minimum Gasteiger partial charge on any atom is -0.314 e. The number of benzene rings is 1. The van der Waals surface area contributed by atoms with Crippen molar-refractivity contribution in [2.75, 3.05) is 26.2 Å². The fraction of sp³-hybridized carbons (Fsp3) is 0.600. The van der Waals surface area contributed by atoms with Crippen LogP contribution in [0, 0.1) is 16.0 Å². The van der Waals surface area contributed by atoms with Gasteiger partial charge in [-0.25, -0.2) is 0 Å². The molecule has 1 aliphatic carbocycles. The fourth-order valence-corrected chi connectivity index (χ4v) is 3.54. The van der Waals surface area contributed by atoms with Crippen LogP contribution in [0.15, 0.2) is 18.2 Å². The molecule has 3 rings (SSSR count). The third-order valence-corrected chi connectivity index (χ3v) is 4.97. The number of halogens is 3. The first-order chi connectivity index (χ1) is 10.2. The number of nitro groups is 1. The van der Waals surface area contributed by atoms with Crippen LogP contribution < -0.4 is 5.32 Å². The average molecular weight is 383 g/mol. The second kappa shape index (κ2) is 9.04. The van der Waals surface area contributed by atoms with Gasteiger partial charge in [-0.1, -0.05) is 24.1 Å². The molecule has 1 aliphatic heterocycles. The molecule has 0 radical (unpaired) electrons. The van der Waals surface area contributed by atoms with Crippen LogP contribution >= 0.6 is 36.4 Å². The minimum absolute atomic E-state index is 0. The lowest BCUT2D eigenvalue weighted by molar-refractivity contribution is -0.384. The van der Waals surface area contributed by atoms with Gasteiger partial charge in [0.25, 0.3) is 5.69 Å². The van der Waals surface area contributed by atoms with Crippen molar-refractivity contribution in [3.05, 3.63) is 38.9 Å². The maximum absolute atomic E-state index is 11.1. The van der Waals surface area contributed by atoms with Crippen LogP contribution in [0.2, 0.25) is 5.02 Å². The van der Waals surface area contributed by atoms with E-state index in [0.717, 1.165) is 31.7 Å². The Labute approximate surface area is 153 Å². The topological polar surface area (TPSA) is 58.4 Å². The Kier molecular flexibility index (Phi) is 8.04. The van der Waals surface area contributed by atoms with E-state index >= 15 is 0 Å². The number of rotatable bonds is 4. The number of hydrogen-bond acceptors (Lipinski definition) is 4. The molecule has 130 valence electrons. The molecule has 0 aromatic heterocycles. The lowest BCUT2D eigenvalue weighted by Crippen LogP contribution is -2.47. The van der Waals surface area contributed by atoms with Gasteiger partial charge in [-0.15, -0.1) is 24.8 Å². The molecule has 1 N–H and O–H groups in total. The normalized spacial score (nSPS) is 19.9. The van der Waals surface area contributed by atoms with Crippen LogP contribution in [0.3, 0.4) is 0 Å². The van der Waals surface area contributed by atoms with Crippen LogP contribution in [0.1, 0.15) is 30.9 Å². The zero-order chi connectivity index (χ0) is 14.8. The summed E-state index contributed by atoms with van der Waals surface area (Å²) in [6.45, 7) is 3.97. The third kappa shape index (κ3) is 4.48. The summed E-state index contributed by atoms with van der Waals surface area (Å²) >= 11 is 5.94. The zero-order valence-electron chi connectivity index (χ0n) is 12.7. The molecular formula is C15H22Cl3N3O2. The molecule has 1 saturated heterocycles. The predicted octanol–water partition coefficient (Wildman–Crippen LogP) is 3.84. The minimum atomic E-state index is -0.387. The van der Waals surface area contributed by atoms with E-state index in [0.29, 0.717) is 5.92 Å². The van der Waals surface area contributed by atoms with E-state index in [2.05, 4.69) is 10.2 Å². The van der Waals surface area contributed by atoms with Gasteiger partial charge in [0.2, 0.25) is 0 Å². The first-order valence-corrected chi connectivity index (χ1v) is 7.93. The van der Waals surface area contributed by atoms with E-state index in [9.17, 15) is 10.1 Å². The molecule has 2 aliphatic rings. The first kappa shape index (κ1) is 20.5. The maximum Gasteiger partial charge on any atom is 0.288 e. The van der Waals surface area contributed by atoms with Gasteiger partial charge in [0, 0.05) is 38.3 Å². The Hall–Kier alpha value is -0.590. The SMILES string of the molecule is Cl.Cl.O=[N+]([O-])c1cc([C@@H](C2CCC2)N2CCNCC2)ccc1Cl. The summed E-state index contributed by atoms with van der Waals surface area (Å²) in [7, 11) is 0. The monoisotopic (exact) mass is 381 g/mol. The molecule has 0 bridgehead atoms. The van der Waals surface area contributed by atoms with Crippen LogP contribution in [0.5, 0.6) is 0 Å². The van der Waals surface area contributed by atoms with Gasteiger partial charge in [0.15, 0.2) is 0 Å². The van der Waals surface area contributed by atoms with Crippen molar-refractivity contribution in [1.29, 1.82) is 0 Å². The van der Waals surface area contributed by atoms with Crippen molar-refractivity contribution < 1.29 is 4.92 Å². The van der Waals surface area contributed by atoms with Crippen LogP contribution in [0.25, 0.3) is 0 Å². The molecule has 0 spiro atoms. The number of nitro benzene ring substituents is 1. The Morgan fingerprint density at radius 3 is 2.43 bits per heavy atom. The highest BCUT2D eigenvalue weighted by molar-refractivity contribution is 6.32. The average Bonchev–Trinajstić information content (AvgIpc) is 2.44. The fourth-order valence-electron chi connectivity index (χ4n) is 3.35. The summed E-state index contributed by atoms with van der Waals surface area (Å²) in [6.07, 6.45) is 3.69. The molecule has 1 aromatic carbocycles. The van der Waals surface area contributed by atoms with Crippen molar-refractivity contribution in [3.63, 3.8) is 0 Å². The Balaban J connectivity index is 0.00000132. The Bertz CT molecular complexity index is 535. The smallest absolute Gasteiger partial charge is 0.288 e. The second-order valence-corrected chi connectivity index (χ2v) is 6.30. The van der Waals surface area contributed by atoms with E-state index in [-0.39, 0.29) is 46.5 Å². The van der Waals surface area contributed by atoms with Gasteiger partial charge in [-0.3, -0.25) is 15.0 Å². The molecule has 1 heterocycles. The summed E-state index contributed by atoms with van der Waals surface area (Å²) in [6, 6.07) is 5.59. The molecule has 8 heteroatoms. The highest BCUT2D eigenvalue weighted by Crippen LogP contribution is 2.42. The van der Waals surface area contributed by atoms with Crippen LogP contribution in [-0.2, 0) is 0 Å². The molecule has 5 nitrogen and oxygen atoms in total. The van der Waals surface area contributed by atoms with E-state index in [1.807, 2.05) is 6.07 Å². The number of piperazine rings is 1. The van der Waals surface area contributed by atoms with Gasteiger partial charge in [0.1, 0.15) is 5.02 Å². The molecule has 1 atom stereocenters. The van der Waals surface area contributed by atoms with Crippen molar-refractivity contribution >= 4 is 42.1 Å². The molecule has 1 aromatic rings. The van der Waals surface area contributed by atoms with Gasteiger partial charge >= 0.3 is 0 Å². The van der Waals surface area contributed by atoms with E-state index in [4.69, 9.17) is 11.6 Å². The van der Waals surface area contributed by atoms with Crippen LogP contribution in [-0.4, -0.2) is 36.0 Å². The van der Waals surface area contributed by atoms with E-state index < -0.39 is 0 Å². The summed E-state index contributed by atoms with van der Waals surface area (Å²) in [5.41, 5.74) is 1.06. The summed E-state index contributed by atoms with van der Waals surface area (Å²) in [5, 5.41) is 14.7. The Morgan fingerprint density at radius 2 is 1.91 bits per heavy atom. The van der Waals surface area contributed by atoms with Crippen molar-refractivity contribution in [2.45, 2.75) is 25.3 Å². The Morgan fingerprint density at radius 1 is 1.26 bits per heavy atom. The largest absolute Gasteiger partial charge is 0.314 e. The highest BCUT2D eigenvalue weighted by atomic mass is 35.5. The van der Waals surface area contributed by atoms with E-state index in [1.54, 1.807) is 12.1 Å². The van der Waals surface area contributed by atoms with Gasteiger partial charge in [0.05, 0.1) is 4.92 Å². The predicted molar refractivity (Wildman–Crippen MR) is 97.1 cm³/mol.